The van der Waals surface area contributed by atoms with Crippen LogP contribution in [0, 0.1) is 11.3 Å². The molecule has 0 bridgehead atoms. The van der Waals surface area contributed by atoms with Gasteiger partial charge < -0.3 is 5.32 Å². The van der Waals surface area contributed by atoms with Gasteiger partial charge in [-0.1, -0.05) is 43.5 Å². The first-order valence-electron chi connectivity index (χ1n) is 5.01. The lowest BCUT2D eigenvalue weighted by Gasteiger charge is -2.09. The molecule has 2 aromatic rings. The predicted molar refractivity (Wildman–Crippen MR) is 81.3 cm³/mol. The molecule has 0 aliphatic heterocycles. The fourth-order valence-electron chi connectivity index (χ4n) is 1.48. The topological polar surface area (TPSA) is 35.8 Å². The molecule has 90 valence electrons. The normalized spacial score (nSPS) is 9.89. The maximum absolute atomic E-state index is 8.92. The van der Waals surface area contributed by atoms with Gasteiger partial charge in [0.15, 0.2) is 0 Å². The lowest BCUT2D eigenvalue weighted by atomic mass is 10.2. The molecule has 0 atom stereocenters. The van der Waals surface area contributed by atoms with Crippen molar-refractivity contribution in [2.45, 2.75) is 0 Å². The Labute approximate surface area is 127 Å². The number of nitriles is 1. The average Bonchev–Trinajstić information content (AvgIpc) is 2.33. The third-order valence-electron chi connectivity index (χ3n) is 2.23. The van der Waals surface area contributed by atoms with Gasteiger partial charge in [-0.25, -0.2) is 0 Å². The van der Waals surface area contributed by atoms with E-state index in [9.17, 15) is 0 Å². The summed E-state index contributed by atoms with van der Waals surface area (Å²) in [4.78, 5) is 0. The van der Waals surface area contributed by atoms with E-state index in [2.05, 4.69) is 43.2 Å². The predicted octanol–water partition coefficient (Wildman–Crippen LogP) is 5.48. The number of rotatable bonds is 2. The van der Waals surface area contributed by atoms with Crippen LogP contribution in [0.1, 0.15) is 5.56 Å². The maximum Gasteiger partial charge on any atom is 0.0992 e. The van der Waals surface area contributed by atoms with Crippen molar-refractivity contribution < 1.29 is 0 Å². The summed E-state index contributed by atoms with van der Waals surface area (Å²) in [6, 6.07) is 13.1. The zero-order valence-electron chi connectivity index (χ0n) is 9.05. The summed E-state index contributed by atoms with van der Waals surface area (Å²) in [6.45, 7) is 0. The van der Waals surface area contributed by atoms with Crippen molar-refractivity contribution in [3.63, 3.8) is 0 Å². The molecule has 0 amide bonds. The second-order valence-electron chi connectivity index (χ2n) is 3.59. The van der Waals surface area contributed by atoms with Gasteiger partial charge in [-0.05, 0) is 36.4 Å². The monoisotopic (exact) mass is 384 g/mol. The third kappa shape index (κ3) is 3.26. The SMILES string of the molecule is N#Cc1cc(Br)cc(Nc2cc(Br)ccc2Cl)c1. The smallest absolute Gasteiger partial charge is 0.0992 e. The van der Waals surface area contributed by atoms with Gasteiger partial charge in [0.25, 0.3) is 0 Å². The number of nitrogens with one attached hydrogen (secondary N) is 1. The molecule has 0 radical (unpaired) electrons. The summed E-state index contributed by atoms with van der Waals surface area (Å²) < 4.78 is 1.78. The Hall–Kier alpha value is -1.02. The Kier molecular flexibility index (Phi) is 4.28. The fraction of sp³-hybridized carbons (Fsp3) is 0. The molecule has 0 saturated heterocycles. The van der Waals surface area contributed by atoms with Crippen LogP contribution in [0.3, 0.4) is 0 Å². The summed E-state index contributed by atoms with van der Waals surface area (Å²) >= 11 is 12.9. The van der Waals surface area contributed by atoms with Gasteiger partial charge >= 0.3 is 0 Å². The van der Waals surface area contributed by atoms with Crippen molar-refractivity contribution in [1.82, 2.24) is 0 Å². The van der Waals surface area contributed by atoms with E-state index in [1.165, 1.54) is 0 Å². The lowest BCUT2D eigenvalue weighted by Crippen LogP contribution is -1.92. The van der Waals surface area contributed by atoms with Gasteiger partial charge in [0, 0.05) is 14.6 Å². The van der Waals surface area contributed by atoms with Gasteiger partial charge in [0.05, 0.1) is 22.3 Å². The van der Waals surface area contributed by atoms with E-state index >= 15 is 0 Å². The quantitative estimate of drug-likeness (QED) is 0.742. The third-order valence-corrected chi connectivity index (χ3v) is 3.51. The van der Waals surface area contributed by atoms with Crippen LogP contribution in [0.2, 0.25) is 5.02 Å². The molecular formula is C13H7Br2ClN2. The largest absolute Gasteiger partial charge is 0.354 e. The Morgan fingerprint density at radius 2 is 1.83 bits per heavy atom. The Morgan fingerprint density at radius 3 is 2.56 bits per heavy atom. The van der Waals surface area contributed by atoms with Gasteiger partial charge in [0.1, 0.15) is 0 Å². The number of hydrogen-bond donors (Lipinski definition) is 1. The molecule has 18 heavy (non-hydrogen) atoms. The highest BCUT2D eigenvalue weighted by atomic mass is 79.9. The van der Waals surface area contributed by atoms with Crippen molar-refractivity contribution in [2.75, 3.05) is 5.32 Å². The molecule has 1 N–H and O–H groups in total. The maximum atomic E-state index is 8.92. The molecule has 0 aliphatic rings. The summed E-state index contributed by atoms with van der Waals surface area (Å²) in [5.41, 5.74) is 2.17. The Balaban J connectivity index is 2.37. The van der Waals surface area contributed by atoms with E-state index < -0.39 is 0 Å². The summed E-state index contributed by atoms with van der Waals surface area (Å²) in [5.74, 6) is 0. The van der Waals surface area contributed by atoms with Gasteiger partial charge in [0.2, 0.25) is 0 Å². The zero-order valence-corrected chi connectivity index (χ0v) is 13.0. The molecule has 5 heteroatoms. The first kappa shape index (κ1) is 13.4. The molecule has 0 unspecified atom stereocenters. The van der Waals surface area contributed by atoms with E-state index in [0.29, 0.717) is 10.6 Å². The van der Waals surface area contributed by atoms with Gasteiger partial charge in [-0.3, -0.25) is 0 Å². The lowest BCUT2D eigenvalue weighted by molar-refractivity contribution is 1.46. The van der Waals surface area contributed by atoms with Gasteiger partial charge in [-0.15, -0.1) is 0 Å². The highest BCUT2D eigenvalue weighted by Gasteiger charge is 2.04. The number of hydrogen-bond acceptors (Lipinski definition) is 2. The molecule has 0 spiro atoms. The molecule has 0 fully saturated rings. The van der Waals surface area contributed by atoms with E-state index in [-0.39, 0.29) is 0 Å². The Bertz CT molecular complexity index is 635. The van der Waals surface area contributed by atoms with Crippen molar-refractivity contribution in [2.24, 2.45) is 0 Å². The van der Waals surface area contributed by atoms with Crippen LogP contribution in [0.5, 0.6) is 0 Å². The molecular weight excluding hydrogens is 379 g/mol. The van der Waals surface area contributed by atoms with Crippen LogP contribution in [-0.2, 0) is 0 Å². The number of halogens is 3. The number of anilines is 2. The molecule has 0 saturated carbocycles. The summed E-state index contributed by atoms with van der Waals surface area (Å²) in [5, 5.41) is 12.7. The zero-order chi connectivity index (χ0) is 13.1. The second-order valence-corrected chi connectivity index (χ2v) is 5.83. The summed E-state index contributed by atoms with van der Waals surface area (Å²) in [7, 11) is 0. The van der Waals surface area contributed by atoms with Crippen LogP contribution in [0.25, 0.3) is 0 Å². The molecule has 0 aliphatic carbocycles. The van der Waals surface area contributed by atoms with Crippen molar-refractivity contribution in [3.05, 3.63) is 55.9 Å². The van der Waals surface area contributed by atoms with Crippen LogP contribution < -0.4 is 5.32 Å². The van der Waals surface area contributed by atoms with Crippen molar-refractivity contribution >= 4 is 54.8 Å². The standard InChI is InChI=1S/C13H7Br2ClN2/c14-9-1-2-12(16)13(6-9)18-11-4-8(7-17)3-10(15)5-11/h1-6,18H. The average molecular weight is 386 g/mol. The highest BCUT2D eigenvalue weighted by Crippen LogP contribution is 2.30. The number of nitrogens with zero attached hydrogens (tertiary/aromatic N) is 1. The molecule has 2 rings (SSSR count). The van der Waals surface area contributed by atoms with Crippen molar-refractivity contribution in [3.8, 4) is 6.07 Å². The minimum atomic E-state index is 0.581. The first-order chi connectivity index (χ1) is 8.58. The summed E-state index contributed by atoms with van der Waals surface area (Å²) in [6.07, 6.45) is 0. The van der Waals surface area contributed by atoms with E-state index in [0.717, 1.165) is 20.3 Å². The number of benzene rings is 2. The molecule has 2 nitrogen and oxygen atoms in total. The van der Waals surface area contributed by atoms with Crippen LogP contribution in [-0.4, -0.2) is 0 Å². The van der Waals surface area contributed by atoms with Crippen LogP contribution in [0.15, 0.2) is 45.3 Å². The van der Waals surface area contributed by atoms with Crippen molar-refractivity contribution in [1.29, 1.82) is 5.26 Å². The minimum absolute atomic E-state index is 0.581. The molecule has 0 heterocycles. The van der Waals surface area contributed by atoms with E-state index in [1.807, 2.05) is 18.2 Å². The molecule has 0 aromatic heterocycles. The van der Waals surface area contributed by atoms with E-state index in [4.69, 9.17) is 16.9 Å². The molecule has 2 aromatic carbocycles. The van der Waals surface area contributed by atoms with Gasteiger partial charge in [-0.2, -0.15) is 5.26 Å². The Morgan fingerprint density at radius 1 is 1.06 bits per heavy atom. The minimum Gasteiger partial charge on any atom is -0.354 e. The van der Waals surface area contributed by atoms with Crippen LogP contribution in [0.4, 0.5) is 11.4 Å². The first-order valence-corrected chi connectivity index (χ1v) is 6.97. The fourth-order valence-corrected chi connectivity index (χ4v) is 2.49. The second kappa shape index (κ2) is 5.75. The van der Waals surface area contributed by atoms with E-state index in [1.54, 1.807) is 18.2 Å². The highest BCUT2D eigenvalue weighted by molar-refractivity contribution is 9.10. The van der Waals surface area contributed by atoms with Crippen LogP contribution >= 0.6 is 43.5 Å².